The number of aliphatic carboxylic acids is 1. The molecule has 106 valence electrons. The first kappa shape index (κ1) is 14.2. The van der Waals surface area contributed by atoms with Crippen molar-refractivity contribution >= 4 is 23.2 Å². The number of hydrogen-bond acceptors (Lipinski definition) is 6. The number of rotatable bonds is 6. The summed E-state index contributed by atoms with van der Waals surface area (Å²) in [6.07, 6.45) is -0.0481. The Morgan fingerprint density at radius 3 is 2.95 bits per heavy atom. The summed E-state index contributed by atoms with van der Waals surface area (Å²) in [5.74, 6) is -1.15. The first-order valence-corrected chi connectivity index (χ1v) is 6.60. The maximum Gasteiger partial charge on any atom is 0.334 e. The van der Waals surface area contributed by atoms with Crippen molar-refractivity contribution < 1.29 is 24.2 Å². The summed E-state index contributed by atoms with van der Waals surface area (Å²) < 4.78 is 5.19. The predicted octanol–water partition coefficient (Wildman–Crippen LogP) is 0.507. The molecule has 0 bridgehead atoms. The molecule has 2 aromatic heterocycles. The lowest BCUT2D eigenvalue weighted by atomic mass is 10.3. The van der Waals surface area contributed by atoms with E-state index in [1.54, 1.807) is 17.5 Å². The molecule has 7 nitrogen and oxygen atoms in total. The van der Waals surface area contributed by atoms with Gasteiger partial charge in [-0.1, -0.05) is 0 Å². The van der Waals surface area contributed by atoms with Gasteiger partial charge in [-0.25, -0.2) is 9.78 Å². The molecule has 0 aromatic carbocycles. The zero-order valence-electron chi connectivity index (χ0n) is 10.3. The Hall–Kier alpha value is -2.19. The Labute approximate surface area is 117 Å². The van der Waals surface area contributed by atoms with E-state index in [-0.39, 0.29) is 13.0 Å². The summed E-state index contributed by atoms with van der Waals surface area (Å²) in [7, 11) is 0. The van der Waals surface area contributed by atoms with Gasteiger partial charge in [-0.15, -0.1) is 11.3 Å². The maximum atomic E-state index is 11.6. The van der Waals surface area contributed by atoms with E-state index < -0.39 is 18.0 Å². The lowest BCUT2D eigenvalue weighted by Crippen LogP contribution is -2.37. The molecule has 0 saturated heterocycles. The molecular formula is C12H12N2O5S. The molecule has 0 spiro atoms. The lowest BCUT2D eigenvalue weighted by Gasteiger charge is -2.06. The number of nitrogens with zero attached hydrogens (tertiary/aromatic N) is 1. The number of carboxylic acids is 1. The molecule has 20 heavy (non-hydrogen) atoms. The molecule has 0 aliphatic heterocycles. The highest BCUT2D eigenvalue weighted by atomic mass is 32.1. The molecule has 1 amide bonds. The third kappa shape index (κ3) is 3.65. The van der Waals surface area contributed by atoms with Crippen LogP contribution in [0.15, 0.2) is 28.2 Å². The second-order valence-corrected chi connectivity index (χ2v) is 4.81. The fourth-order valence-corrected chi connectivity index (χ4v) is 2.21. The Morgan fingerprint density at radius 2 is 2.30 bits per heavy atom. The monoisotopic (exact) mass is 296 g/mol. The summed E-state index contributed by atoms with van der Waals surface area (Å²) in [5.41, 5.74) is 0.559. The minimum atomic E-state index is -1.60. The minimum absolute atomic E-state index is 0.0174. The van der Waals surface area contributed by atoms with Gasteiger partial charge in [0.1, 0.15) is 0 Å². The summed E-state index contributed by atoms with van der Waals surface area (Å²) in [5, 5.41) is 22.2. The van der Waals surface area contributed by atoms with Crippen LogP contribution in [0.3, 0.4) is 0 Å². The normalized spacial score (nSPS) is 12.1. The topological polar surface area (TPSA) is 113 Å². The zero-order valence-corrected chi connectivity index (χ0v) is 11.1. The van der Waals surface area contributed by atoms with Gasteiger partial charge in [-0.3, -0.25) is 4.79 Å². The van der Waals surface area contributed by atoms with Gasteiger partial charge >= 0.3 is 5.97 Å². The zero-order chi connectivity index (χ0) is 14.5. The fourth-order valence-electron chi connectivity index (χ4n) is 1.43. The van der Waals surface area contributed by atoms with Crippen LogP contribution in [0.5, 0.6) is 0 Å². The van der Waals surface area contributed by atoms with E-state index in [4.69, 9.17) is 14.6 Å². The van der Waals surface area contributed by atoms with Gasteiger partial charge in [0.2, 0.25) is 5.91 Å². The molecule has 2 aromatic rings. The quantitative estimate of drug-likeness (QED) is 0.716. The van der Waals surface area contributed by atoms with E-state index in [1.165, 1.54) is 17.6 Å². The number of aromatic nitrogens is 1. The van der Waals surface area contributed by atoms with E-state index in [0.29, 0.717) is 16.5 Å². The summed E-state index contributed by atoms with van der Waals surface area (Å²) >= 11 is 1.35. The van der Waals surface area contributed by atoms with E-state index in [0.717, 1.165) is 0 Å². The van der Waals surface area contributed by atoms with Crippen molar-refractivity contribution in [3.63, 3.8) is 0 Å². The molecule has 0 radical (unpaired) electrons. The second-order valence-electron chi connectivity index (χ2n) is 3.96. The Bertz CT molecular complexity index is 593. The highest BCUT2D eigenvalue weighted by Gasteiger charge is 2.15. The number of aliphatic hydroxyl groups is 1. The molecule has 8 heteroatoms. The van der Waals surface area contributed by atoms with Crippen LogP contribution in [-0.2, 0) is 16.0 Å². The van der Waals surface area contributed by atoms with Crippen LogP contribution in [0.4, 0.5) is 0 Å². The number of aliphatic hydroxyl groups excluding tert-OH is 1. The van der Waals surface area contributed by atoms with E-state index >= 15 is 0 Å². The number of thiazole rings is 1. The van der Waals surface area contributed by atoms with Gasteiger partial charge in [-0.05, 0) is 12.1 Å². The average Bonchev–Trinajstić information content (AvgIpc) is 3.05. The predicted molar refractivity (Wildman–Crippen MR) is 70.2 cm³/mol. The standard InChI is InChI=1S/C12H12N2O5S/c15-8(12(17)18)5-13-10(16)4-7-6-20-11(14-7)9-2-1-3-19-9/h1-3,6,8,15H,4-5H2,(H,13,16)(H,17,18). The van der Waals surface area contributed by atoms with Crippen molar-refractivity contribution in [1.82, 2.24) is 10.3 Å². The van der Waals surface area contributed by atoms with Crippen LogP contribution >= 0.6 is 11.3 Å². The van der Waals surface area contributed by atoms with Gasteiger partial charge in [0, 0.05) is 5.38 Å². The summed E-state index contributed by atoms with van der Waals surface area (Å²) in [4.78, 5) is 26.2. The van der Waals surface area contributed by atoms with Crippen LogP contribution in [0.1, 0.15) is 5.69 Å². The highest BCUT2D eigenvalue weighted by molar-refractivity contribution is 7.13. The van der Waals surface area contributed by atoms with Crippen molar-refractivity contribution in [2.24, 2.45) is 0 Å². The van der Waals surface area contributed by atoms with Crippen molar-refractivity contribution in [2.45, 2.75) is 12.5 Å². The molecule has 2 rings (SSSR count). The molecular weight excluding hydrogens is 284 g/mol. The van der Waals surface area contributed by atoms with Crippen LogP contribution < -0.4 is 5.32 Å². The number of carbonyl (C=O) groups excluding carboxylic acids is 1. The fraction of sp³-hybridized carbons (Fsp3) is 0.250. The minimum Gasteiger partial charge on any atom is -0.479 e. The van der Waals surface area contributed by atoms with Crippen molar-refractivity contribution in [3.8, 4) is 10.8 Å². The summed E-state index contributed by atoms with van der Waals surface area (Å²) in [6, 6.07) is 3.52. The largest absolute Gasteiger partial charge is 0.479 e. The van der Waals surface area contributed by atoms with Crippen LogP contribution in [0.25, 0.3) is 10.8 Å². The number of hydrogen-bond donors (Lipinski definition) is 3. The number of carbonyl (C=O) groups is 2. The maximum absolute atomic E-state index is 11.6. The Kier molecular flexibility index (Phi) is 4.49. The van der Waals surface area contributed by atoms with Gasteiger partial charge in [0.15, 0.2) is 16.9 Å². The van der Waals surface area contributed by atoms with Gasteiger partial charge in [-0.2, -0.15) is 0 Å². The van der Waals surface area contributed by atoms with Gasteiger partial charge in [0.05, 0.1) is 24.9 Å². The lowest BCUT2D eigenvalue weighted by molar-refractivity contribution is -0.146. The Balaban J connectivity index is 1.87. The molecule has 0 saturated carbocycles. The molecule has 1 atom stereocenters. The van der Waals surface area contributed by atoms with Crippen molar-refractivity contribution in [3.05, 3.63) is 29.5 Å². The van der Waals surface area contributed by atoms with E-state index in [2.05, 4.69) is 10.3 Å². The number of carboxylic acid groups (broad SMARTS) is 1. The third-order valence-corrected chi connectivity index (χ3v) is 3.31. The first-order chi connectivity index (χ1) is 9.56. The third-order valence-electron chi connectivity index (χ3n) is 2.40. The van der Waals surface area contributed by atoms with Gasteiger partial charge in [0.25, 0.3) is 0 Å². The van der Waals surface area contributed by atoms with E-state index in [1.807, 2.05) is 0 Å². The SMILES string of the molecule is O=C(Cc1csc(-c2ccco2)n1)NCC(O)C(=O)O. The van der Waals surface area contributed by atoms with Crippen molar-refractivity contribution in [2.75, 3.05) is 6.54 Å². The highest BCUT2D eigenvalue weighted by Crippen LogP contribution is 2.23. The molecule has 2 heterocycles. The number of furan rings is 1. The Morgan fingerprint density at radius 1 is 1.50 bits per heavy atom. The molecule has 0 fully saturated rings. The molecule has 3 N–H and O–H groups in total. The first-order valence-electron chi connectivity index (χ1n) is 5.72. The van der Waals surface area contributed by atoms with E-state index in [9.17, 15) is 9.59 Å². The average molecular weight is 296 g/mol. The van der Waals surface area contributed by atoms with Crippen molar-refractivity contribution in [1.29, 1.82) is 0 Å². The molecule has 0 aliphatic carbocycles. The summed E-state index contributed by atoms with van der Waals surface area (Å²) in [6.45, 7) is -0.330. The number of nitrogens with one attached hydrogen (secondary N) is 1. The van der Waals surface area contributed by atoms with Crippen LogP contribution in [0, 0.1) is 0 Å². The van der Waals surface area contributed by atoms with Crippen LogP contribution in [-0.4, -0.2) is 39.7 Å². The van der Waals surface area contributed by atoms with Gasteiger partial charge < -0.3 is 19.9 Å². The van der Waals surface area contributed by atoms with Crippen LogP contribution in [0.2, 0.25) is 0 Å². The smallest absolute Gasteiger partial charge is 0.334 e. The molecule has 0 aliphatic rings. The second kappa shape index (κ2) is 6.31. The molecule has 1 unspecified atom stereocenters. The number of amides is 1.